The molecule has 1 saturated heterocycles. The van der Waals surface area contributed by atoms with Gasteiger partial charge in [0.25, 0.3) is 0 Å². The molecule has 0 spiro atoms. The average molecular weight is 250 g/mol. The van der Waals surface area contributed by atoms with Crippen molar-refractivity contribution in [2.24, 2.45) is 0 Å². The molecule has 1 aliphatic rings. The van der Waals surface area contributed by atoms with E-state index in [1.807, 2.05) is 11.3 Å². The highest BCUT2D eigenvalue weighted by atomic mass is 32.2. The summed E-state index contributed by atoms with van der Waals surface area (Å²) >= 11 is 3.63. The zero-order valence-corrected chi connectivity index (χ0v) is 10.8. The first-order valence-corrected chi connectivity index (χ1v) is 7.59. The number of aromatic nitrogens is 1. The molecular formula is C12H14N2S2. The van der Waals surface area contributed by atoms with Gasteiger partial charge in [-0.3, -0.25) is 0 Å². The van der Waals surface area contributed by atoms with Gasteiger partial charge < -0.3 is 5.32 Å². The van der Waals surface area contributed by atoms with Crippen molar-refractivity contribution in [3.8, 4) is 0 Å². The Morgan fingerprint density at radius 2 is 2.44 bits per heavy atom. The number of fused-ring (bicyclic) bond motifs is 1. The Labute approximate surface area is 103 Å². The first-order valence-electron chi connectivity index (χ1n) is 5.55. The fourth-order valence-corrected chi connectivity index (χ4v) is 3.73. The molecule has 0 radical (unpaired) electrons. The minimum Gasteiger partial charge on any atom is -0.308 e. The van der Waals surface area contributed by atoms with Crippen molar-refractivity contribution in [3.05, 3.63) is 23.2 Å². The fraction of sp³-hybridized carbons (Fsp3) is 0.417. The zero-order chi connectivity index (χ0) is 11.0. The van der Waals surface area contributed by atoms with Crippen LogP contribution in [0, 0.1) is 0 Å². The number of thiazole rings is 1. The summed E-state index contributed by atoms with van der Waals surface area (Å²) in [5.41, 5.74) is 1.14. The Kier molecular flexibility index (Phi) is 2.88. The molecule has 3 rings (SSSR count). The minimum atomic E-state index is 0.495. The highest BCUT2D eigenvalue weighted by Crippen LogP contribution is 2.32. The number of hydrogen-bond donors (Lipinski definition) is 1. The van der Waals surface area contributed by atoms with E-state index in [0.717, 1.165) is 12.1 Å². The Hall–Kier alpha value is -0.580. The molecule has 1 unspecified atom stereocenters. The van der Waals surface area contributed by atoms with E-state index in [4.69, 9.17) is 4.98 Å². The Morgan fingerprint density at radius 1 is 1.50 bits per heavy atom. The third-order valence-electron chi connectivity index (χ3n) is 2.97. The van der Waals surface area contributed by atoms with Gasteiger partial charge in [0.15, 0.2) is 0 Å². The van der Waals surface area contributed by atoms with Gasteiger partial charge in [-0.1, -0.05) is 0 Å². The smallest absolute Gasteiger partial charge is 0.111 e. The maximum atomic E-state index is 4.72. The lowest BCUT2D eigenvalue weighted by atomic mass is 10.2. The molecule has 0 aliphatic carbocycles. The van der Waals surface area contributed by atoms with Crippen molar-refractivity contribution < 1.29 is 0 Å². The van der Waals surface area contributed by atoms with E-state index >= 15 is 0 Å². The number of nitrogens with one attached hydrogen (secondary N) is 1. The maximum absolute atomic E-state index is 4.72. The molecule has 0 bridgehead atoms. The Balaban J connectivity index is 2.01. The van der Waals surface area contributed by atoms with E-state index in [1.165, 1.54) is 27.4 Å². The summed E-state index contributed by atoms with van der Waals surface area (Å²) in [6, 6.07) is 7.03. The van der Waals surface area contributed by atoms with Crippen LogP contribution in [-0.4, -0.2) is 17.8 Å². The zero-order valence-electron chi connectivity index (χ0n) is 9.19. The summed E-state index contributed by atoms with van der Waals surface area (Å²) in [7, 11) is 0. The van der Waals surface area contributed by atoms with Gasteiger partial charge in [-0.15, -0.1) is 23.1 Å². The summed E-state index contributed by atoms with van der Waals surface area (Å²) in [6.45, 7) is 1.14. The average Bonchev–Trinajstić information content (AvgIpc) is 2.96. The van der Waals surface area contributed by atoms with Crippen molar-refractivity contribution in [2.45, 2.75) is 23.8 Å². The second-order valence-corrected chi connectivity index (χ2v) is 5.98. The molecule has 2 heterocycles. The van der Waals surface area contributed by atoms with Gasteiger partial charge >= 0.3 is 0 Å². The number of nitrogens with zero attached hydrogens (tertiary/aromatic N) is 1. The third kappa shape index (κ3) is 1.85. The monoisotopic (exact) mass is 250 g/mol. The van der Waals surface area contributed by atoms with Crippen LogP contribution in [0.5, 0.6) is 0 Å². The van der Waals surface area contributed by atoms with E-state index in [-0.39, 0.29) is 0 Å². The van der Waals surface area contributed by atoms with Crippen LogP contribution >= 0.6 is 23.1 Å². The van der Waals surface area contributed by atoms with Crippen molar-refractivity contribution in [1.82, 2.24) is 10.3 Å². The highest BCUT2D eigenvalue weighted by molar-refractivity contribution is 7.98. The van der Waals surface area contributed by atoms with Crippen LogP contribution in [0.1, 0.15) is 23.9 Å². The molecule has 4 heteroatoms. The van der Waals surface area contributed by atoms with E-state index in [2.05, 4.69) is 29.8 Å². The van der Waals surface area contributed by atoms with E-state index in [9.17, 15) is 0 Å². The van der Waals surface area contributed by atoms with Crippen LogP contribution in [0.25, 0.3) is 10.2 Å². The molecule has 84 valence electrons. The lowest BCUT2D eigenvalue weighted by Gasteiger charge is -2.03. The maximum Gasteiger partial charge on any atom is 0.111 e. The molecule has 16 heavy (non-hydrogen) atoms. The molecule has 0 saturated carbocycles. The summed E-state index contributed by atoms with van der Waals surface area (Å²) < 4.78 is 1.32. The standard InChI is InChI=1S/C12H14N2S2/c1-15-8-4-5-9-11(7-8)16-12(14-9)10-3-2-6-13-10/h4-5,7,10,13H,2-3,6H2,1H3. The SMILES string of the molecule is CSc1ccc2nc(C3CCCN3)sc2c1. The number of rotatable bonds is 2. The van der Waals surface area contributed by atoms with Gasteiger partial charge in [0.1, 0.15) is 5.01 Å². The lowest BCUT2D eigenvalue weighted by Crippen LogP contribution is -2.12. The highest BCUT2D eigenvalue weighted by Gasteiger charge is 2.19. The van der Waals surface area contributed by atoms with E-state index in [0.29, 0.717) is 6.04 Å². The van der Waals surface area contributed by atoms with Crippen molar-refractivity contribution in [3.63, 3.8) is 0 Å². The molecule has 1 N–H and O–H groups in total. The summed E-state index contributed by atoms with van der Waals surface area (Å²) in [4.78, 5) is 6.04. The van der Waals surface area contributed by atoms with Gasteiger partial charge in [0, 0.05) is 4.90 Å². The van der Waals surface area contributed by atoms with Crippen LogP contribution in [-0.2, 0) is 0 Å². The molecule has 0 amide bonds. The van der Waals surface area contributed by atoms with E-state index < -0.39 is 0 Å². The topological polar surface area (TPSA) is 24.9 Å². The van der Waals surface area contributed by atoms with Gasteiger partial charge in [0.2, 0.25) is 0 Å². The Bertz CT molecular complexity index is 501. The van der Waals surface area contributed by atoms with Gasteiger partial charge in [-0.05, 0) is 43.8 Å². The van der Waals surface area contributed by atoms with Crippen LogP contribution in [0.2, 0.25) is 0 Å². The fourth-order valence-electron chi connectivity index (χ4n) is 2.09. The summed E-state index contributed by atoms with van der Waals surface area (Å²) in [5, 5.41) is 4.76. The molecule has 1 aliphatic heterocycles. The molecule has 2 nitrogen and oxygen atoms in total. The lowest BCUT2D eigenvalue weighted by molar-refractivity contribution is 0.644. The van der Waals surface area contributed by atoms with Gasteiger partial charge in [-0.2, -0.15) is 0 Å². The first-order chi connectivity index (χ1) is 7.86. The second kappa shape index (κ2) is 4.35. The number of benzene rings is 1. The number of thioether (sulfide) groups is 1. The predicted molar refractivity (Wildman–Crippen MR) is 71.4 cm³/mol. The van der Waals surface area contributed by atoms with Crippen LogP contribution < -0.4 is 5.32 Å². The van der Waals surface area contributed by atoms with Crippen molar-refractivity contribution in [2.75, 3.05) is 12.8 Å². The molecular weight excluding hydrogens is 236 g/mol. The van der Waals surface area contributed by atoms with Gasteiger partial charge in [-0.25, -0.2) is 4.98 Å². The van der Waals surface area contributed by atoms with Crippen LogP contribution in [0.15, 0.2) is 23.1 Å². The second-order valence-electron chi connectivity index (χ2n) is 4.03. The van der Waals surface area contributed by atoms with Crippen LogP contribution in [0.3, 0.4) is 0 Å². The molecule has 2 aromatic rings. The largest absolute Gasteiger partial charge is 0.308 e. The van der Waals surface area contributed by atoms with Crippen molar-refractivity contribution in [1.29, 1.82) is 0 Å². The minimum absolute atomic E-state index is 0.495. The normalized spacial score (nSPS) is 20.7. The summed E-state index contributed by atoms with van der Waals surface area (Å²) in [6.07, 6.45) is 4.62. The third-order valence-corrected chi connectivity index (χ3v) is 4.83. The number of hydrogen-bond acceptors (Lipinski definition) is 4. The molecule has 1 atom stereocenters. The van der Waals surface area contributed by atoms with Crippen LogP contribution in [0.4, 0.5) is 0 Å². The molecule has 1 aromatic heterocycles. The molecule has 1 aromatic carbocycles. The first kappa shape index (κ1) is 10.6. The molecule has 1 fully saturated rings. The van der Waals surface area contributed by atoms with Crippen molar-refractivity contribution >= 4 is 33.3 Å². The quantitative estimate of drug-likeness (QED) is 0.826. The Morgan fingerprint density at radius 3 is 3.19 bits per heavy atom. The van der Waals surface area contributed by atoms with Gasteiger partial charge in [0.05, 0.1) is 16.3 Å². The van der Waals surface area contributed by atoms with E-state index in [1.54, 1.807) is 11.8 Å². The predicted octanol–water partition coefficient (Wildman–Crippen LogP) is 3.44. The summed E-state index contributed by atoms with van der Waals surface area (Å²) in [5.74, 6) is 0.